The summed E-state index contributed by atoms with van der Waals surface area (Å²) in [6.07, 6.45) is 1.76. The number of methoxy groups -OCH3 is 4. The molecule has 1 atom stereocenters. The summed E-state index contributed by atoms with van der Waals surface area (Å²) in [5.74, 6) is 1.88. The predicted molar refractivity (Wildman–Crippen MR) is 158 cm³/mol. The van der Waals surface area contributed by atoms with Gasteiger partial charge in [-0.2, -0.15) is 0 Å². The number of allylic oxidation sites excluding steroid dienone is 1. The second-order valence-corrected chi connectivity index (χ2v) is 10.1. The van der Waals surface area contributed by atoms with Crippen LogP contribution in [-0.2, 0) is 4.79 Å². The van der Waals surface area contributed by atoms with Gasteiger partial charge in [0.2, 0.25) is 0 Å². The lowest BCUT2D eigenvalue weighted by Gasteiger charge is -2.26. The van der Waals surface area contributed by atoms with Crippen molar-refractivity contribution in [1.82, 2.24) is 4.57 Å². The second kappa shape index (κ2) is 11.7. The standard InChI is InChI=1S/C31H29N3O6S/c1-18-27(29(35)33-20-9-7-6-8-10-20)28(23-14-13-22(38-3)17-25(23)40-5)34-30(36)26(41-31(34)32-18)15-19-11-12-21(37-2)16-24(19)39-4/h6-17,28H,1-5H3,(H,33,35)/b26-15-/t28-/m1/s1. The third-order valence-corrected chi connectivity index (χ3v) is 7.74. The molecule has 0 saturated heterocycles. The Balaban J connectivity index is 1.72. The van der Waals surface area contributed by atoms with Gasteiger partial charge in [-0.25, -0.2) is 4.99 Å². The minimum absolute atomic E-state index is 0.299. The Morgan fingerprint density at radius 2 is 1.56 bits per heavy atom. The van der Waals surface area contributed by atoms with Crippen LogP contribution in [0.5, 0.6) is 23.0 Å². The molecule has 0 saturated carbocycles. The normalized spacial score (nSPS) is 14.7. The molecule has 9 nitrogen and oxygen atoms in total. The molecule has 1 aromatic heterocycles. The maximum Gasteiger partial charge on any atom is 0.271 e. The van der Waals surface area contributed by atoms with E-state index in [1.807, 2.05) is 24.3 Å². The number of nitrogens with one attached hydrogen (secondary N) is 1. The Bertz CT molecular complexity index is 1820. The molecule has 0 aliphatic carbocycles. The van der Waals surface area contributed by atoms with Crippen molar-refractivity contribution in [3.8, 4) is 23.0 Å². The van der Waals surface area contributed by atoms with Gasteiger partial charge in [0.1, 0.15) is 29.0 Å². The molecule has 0 fully saturated rings. The van der Waals surface area contributed by atoms with Crippen LogP contribution in [0.4, 0.5) is 5.69 Å². The predicted octanol–water partition coefficient (Wildman–Crippen LogP) is 3.91. The molecular weight excluding hydrogens is 542 g/mol. The van der Waals surface area contributed by atoms with Crippen LogP contribution in [0.15, 0.2) is 87.8 Å². The van der Waals surface area contributed by atoms with Crippen molar-refractivity contribution in [2.45, 2.75) is 13.0 Å². The van der Waals surface area contributed by atoms with Crippen LogP contribution < -0.4 is 39.2 Å². The Labute approximate surface area is 240 Å². The van der Waals surface area contributed by atoms with E-state index in [1.54, 1.807) is 81.4 Å². The summed E-state index contributed by atoms with van der Waals surface area (Å²) in [6, 6.07) is 19.0. The maximum atomic E-state index is 14.1. The molecule has 4 aromatic rings. The minimum atomic E-state index is -0.810. The number of anilines is 1. The number of rotatable bonds is 8. The van der Waals surface area contributed by atoms with Crippen LogP contribution in [0.25, 0.3) is 6.08 Å². The van der Waals surface area contributed by atoms with Gasteiger partial charge in [-0.05, 0) is 49.4 Å². The number of benzene rings is 3. The molecule has 0 radical (unpaired) electrons. The van der Waals surface area contributed by atoms with Crippen LogP contribution >= 0.6 is 11.3 Å². The molecule has 0 unspecified atom stereocenters. The van der Waals surface area contributed by atoms with E-state index < -0.39 is 6.04 Å². The molecule has 1 aliphatic rings. The lowest BCUT2D eigenvalue weighted by Crippen LogP contribution is -2.40. The van der Waals surface area contributed by atoms with E-state index in [2.05, 4.69) is 5.32 Å². The van der Waals surface area contributed by atoms with Crippen LogP contribution in [0.1, 0.15) is 24.1 Å². The fourth-order valence-corrected chi connectivity index (χ4v) is 5.79. The van der Waals surface area contributed by atoms with Gasteiger partial charge in [-0.15, -0.1) is 0 Å². The summed E-state index contributed by atoms with van der Waals surface area (Å²) in [5, 5.41) is 2.95. The highest BCUT2D eigenvalue weighted by Crippen LogP contribution is 2.37. The Morgan fingerprint density at radius 3 is 2.22 bits per heavy atom. The Hall–Kier alpha value is -4.83. The number of fused-ring (bicyclic) bond motifs is 1. The number of ether oxygens (including phenoxy) is 4. The van der Waals surface area contributed by atoms with Crippen molar-refractivity contribution < 1.29 is 23.7 Å². The third-order valence-electron chi connectivity index (χ3n) is 6.76. The van der Waals surface area contributed by atoms with E-state index in [-0.39, 0.29) is 11.5 Å². The van der Waals surface area contributed by atoms with E-state index in [9.17, 15) is 9.59 Å². The average molecular weight is 572 g/mol. The van der Waals surface area contributed by atoms with Crippen molar-refractivity contribution in [2.24, 2.45) is 4.99 Å². The van der Waals surface area contributed by atoms with E-state index in [1.165, 1.54) is 18.4 Å². The van der Waals surface area contributed by atoms with Crippen LogP contribution in [-0.4, -0.2) is 38.9 Å². The number of carbonyl (C=O) groups is 1. The molecule has 0 spiro atoms. The van der Waals surface area contributed by atoms with Crippen LogP contribution in [0.2, 0.25) is 0 Å². The smallest absolute Gasteiger partial charge is 0.271 e. The molecule has 2 heterocycles. The first kappa shape index (κ1) is 27.7. The molecule has 10 heteroatoms. The molecule has 1 aliphatic heterocycles. The number of aromatic nitrogens is 1. The monoisotopic (exact) mass is 571 g/mol. The fraction of sp³-hybridized carbons (Fsp3) is 0.194. The molecule has 210 valence electrons. The number of para-hydroxylation sites is 1. The number of thiazole rings is 1. The second-order valence-electron chi connectivity index (χ2n) is 9.12. The van der Waals surface area contributed by atoms with Gasteiger partial charge < -0.3 is 24.3 Å². The van der Waals surface area contributed by atoms with Gasteiger partial charge in [0.25, 0.3) is 11.5 Å². The summed E-state index contributed by atoms with van der Waals surface area (Å²) < 4.78 is 23.9. The molecule has 41 heavy (non-hydrogen) atoms. The number of hydrogen-bond acceptors (Lipinski definition) is 8. The molecule has 1 amide bonds. The first-order chi connectivity index (χ1) is 19.9. The zero-order valence-corrected chi connectivity index (χ0v) is 24.1. The Morgan fingerprint density at radius 1 is 0.902 bits per heavy atom. The number of carbonyl (C=O) groups excluding carboxylic acids is 1. The lowest BCUT2D eigenvalue weighted by atomic mass is 9.94. The summed E-state index contributed by atoms with van der Waals surface area (Å²) in [6.45, 7) is 1.77. The van der Waals surface area contributed by atoms with Crippen molar-refractivity contribution >= 4 is 29.0 Å². The van der Waals surface area contributed by atoms with Crippen molar-refractivity contribution in [3.63, 3.8) is 0 Å². The van der Waals surface area contributed by atoms with Crippen molar-refractivity contribution in [3.05, 3.63) is 109 Å². The molecule has 5 rings (SSSR count). The van der Waals surface area contributed by atoms with Gasteiger partial charge in [0.15, 0.2) is 4.80 Å². The van der Waals surface area contributed by atoms with E-state index in [0.29, 0.717) is 60.4 Å². The van der Waals surface area contributed by atoms with Crippen molar-refractivity contribution in [2.75, 3.05) is 33.8 Å². The number of hydrogen-bond donors (Lipinski definition) is 1. The van der Waals surface area contributed by atoms with Crippen LogP contribution in [0.3, 0.4) is 0 Å². The topological polar surface area (TPSA) is 100 Å². The minimum Gasteiger partial charge on any atom is -0.497 e. The molecular formula is C31H29N3O6S. The zero-order valence-electron chi connectivity index (χ0n) is 23.3. The van der Waals surface area contributed by atoms with Gasteiger partial charge in [0, 0.05) is 28.9 Å². The fourth-order valence-electron chi connectivity index (χ4n) is 4.75. The first-order valence-corrected chi connectivity index (χ1v) is 13.5. The van der Waals surface area contributed by atoms with E-state index in [0.717, 1.165) is 0 Å². The van der Waals surface area contributed by atoms with Gasteiger partial charge in [-0.3, -0.25) is 14.2 Å². The number of amides is 1. The highest BCUT2D eigenvalue weighted by atomic mass is 32.1. The van der Waals surface area contributed by atoms with E-state index >= 15 is 0 Å². The quantitative estimate of drug-likeness (QED) is 0.344. The Kier molecular flexibility index (Phi) is 7.93. The molecule has 3 aromatic carbocycles. The first-order valence-electron chi connectivity index (χ1n) is 12.7. The summed E-state index contributed by atoms with van der Waals surface area (Å²) in [5.41, 5.74) is 2.48. The summed E-state index contributed by atoms with van der Waals surface area (Å²) in [4.78, 5) is 33.1. The van der Waals surface area contributed by atoms with Crippen molar-refractivity contribution in [1.29, 1.82) is 0 Å². The zero-order chi connectivity index (χ0) is 29.1. The largest absolute Gasteiger partial charge is 0.497 e. The van der Waals surface area contributed by atoms with Gasteiger partial charge in [0.05, 0.1) is 44.2 Å². The third kappa shape index (κ3) is 5.33. The SMILES string of the molecule is COc1ccc(/C=c2\sc3n(c2=O)[C@H](c2ccc(OC)cc2OC)C(C(=O)Nc2ccccc2)=C(C)N=3)c(OC)c1. The number of nitrogens with zero attached hydrogens (tertiary/aromatic N) is 2. The maximum absolute atomic E-state index is 14.1. The summed E-state index contributed by atoms with van der Waals surface area (Å²) >= 11 is 1.24. The summed E-state index contributed by atoms with van der Waals surface area (Å²) in [7, 11) is 6.24. The van der Waals surface area contributed by atoms with Gasteiger partial charge in [-0.1, -0.05) is 29.5 Å². The molecule has 0 bridgehead atoms. The lowest BCUT2D eigenvalue weighted by molar-refractivity contribution is -0.113. The highest BCUT2D eigenvalue weighted by molar-refractivity contribution is 7.07. The van der Waals surface area contributed by atoms with Crippen LogP contribution in [0, 0.1) is 0 Å². The highest BCUT2D eigenvalue weighted by Gasteiger charge is 2.34. The molecule has 1 N–H and O–H groups in total. The van der Waals surface area contributed by atoms with E-state index in [4.69, 9.17) is 23.9 Å². The average Bonchev–Trinajstić information content (AvgIpc) is 3.30. The van der Waals surface area contributed by atoms with Gasteiger partial charge >= 0.3 is 0 Å².